The second-order valence-corrected chi connectivity index (χ2v) is 4.51. The van der Waals surface area contributed by atoms with Crippen LogP contribution >= 0.6 is 0 Å². The van der Waals surface area contributed by atoms with Gasteiger partial charge in [0.2, 0.25) is 5.89 Å². The number of hydrogen-bond donors (Lipinski definition) is 1. The van der Waals surface area contributed by atoms with Crippen LogP contribution in [0.3, 0.4) is 0 Å². The van der Waals surface area contributed by atoms with E-state index < -0.39 is 4.92 Å². The molecule has 0 amide bonds. The number of aryl methyl sites for hydroxylation is 1. The Morgan fingerprint density at radius 3 is 2.90 bits per heavy atom. The molecule has 0 aliphatic carbocycles. The van der Waals surface area contributed by atoms with E-state index in [2.05, 4.69) is 15.3 Å². The third-order valence-corrected chi connectivity index (χ3v) is 3.05. The van der Waals surface area contributed by atoms with Crippen LogP contribution in [-0.2, 0) is 6.54 Å². The fraction of sp³-hybridized carbons (Fsp3) is 0.143. The molecule has 0 bridgehead atoms. The van der Waals surface area contributed by atoms with Gasteiger partial charge >= 0.3 is 0 Å². The van der Waals surface area contributed by atoms with Gasteiger partial charge in [0, 0.05) is 23.3 Å². The van der Waals surface area contributed by atoms with Gasteiger partial charge in [0.05, 0.1) is 17.7 Å². The summed E-state index contributed by atoms with van der Waals surface area (Å²) >= 11 is 0. The molecule has 0 saturated carbocycles. The zero-order chi connectivity index (χ0) is 14.8. The lowest BCUT2D eigenvalue weighted by Crippen LogP contribution is -2.01. The van der Waals surface area contributed by atoms with Gasteiger partial charge in [-0.1, -0.05) is 12.1 Å². The second-order valence-electron chi connectivity index (χ2n) is 4.51. The minimum Gasteiger partial charge on any atom is -0.444 e. The van der Waals surface area contributed by atoms with Crippen molar-refractivity contribution in [2.45, 2.75) is 13.5 Å². The van der Waals surface area contributed by atoms with Crippen molar-refractivity contribution in [3.05, 3.63) is 58.4 Å². The highest BCUT2D eigenvalue weighted by atomic mass is 16.6. The van der Waals surface area contributed by atoms with Crippen LogP contribution in [0.5, 0.6) is 0 Å². The van der Waals surface area contributed by atoms with Gasteiger partial charge in [0.25, 0.3) is 5.69 Å². The smallest absolute Gasteiger partial charge is 0.295 e. The van der Waals surface area contributed by atoms with E-state index >= 15 is 0 Å². The fourth-order valence-corrected chi connectivity index (χ4v) is 2.12. The van der Waals surface area contributed by atoms with Gasteiger partial charge in [-0.25, -0.2) is 9.97 Å². The van der Waals surface area contributed by atoms with Gasteiger partial charge in [-0.05, 0) is 13.0 Å². The maximum atomic E-state index is 11.0. The Kier molecular flexibility index (Phi) is 3.23. The fourth-order valence-electron chi connectivity index (χ4n) is 2.12. The number of anilines is 1. The van der Waals surface area contributed by atoms with Crippen LogP contribution in [0, 0.1) is 17.0 Å². The number of oxazole rings is 1. The van der Waals surface area contributed by atoms with Crippen LogP contribution in [0.1, 0.15) is 11.7 Å². The summed E-state index contributed by atoms with van der Waals surface area (Å²) in [4.78, 5) is 18.8. The predicted molar refractivity (Wildman–Crippen MR) is 77.0 cm³/mol. The lowest BCUT2D eigenvalue weighted by molar-refractivity contribution is -0.383. The average molecular weight is 284 g/mol. The number of para-hydroxylation sites is 1. The van der Waals surface area contributed by atoms with E-state index in [0.717, 1.165) is 11.4 Å². The van der Waals surface area contributed by atoms with E-state index in [1.807, 2.05) is 6.92 Å². The van der Waals surface area contributed by atoms with Crippen molar-refractivity contribution in [3.8, 4) is 0 Å². The largest absolute Gasteiger partial charge is 0.444 e. The van der Waals surface area contributed by atoms with Crippen molar-refractivity contribution in [2.24, 2.45) is 0 Å². The molecule has 0 saturated heterocycles. The van der Waals surface area contributed by atoms with E-state index in [-0.39, 0.29) is 5.69 Å². The molecule has 0 aliphatic heterocycles. The monoisotopic (exact) mass is 284 g/mol. The zero-order valence-corrected chi connectivity index (χ0v) is 11.2. The maximum Gasteiger partial charge on any atom is 0.295 e. The molecule has 3 aromatic rings. The van der Waals surface area contributed by atoms with Crippen molar-refractivity contribution in [3.63, 3.8) is 0 Å². The summed E-state index contributed by atoms with van der Waals surface area (Å²) in [5, 5.41) is 14.9. The summed E-state index contributed by atoms with van der Waals surface area (Å²) in [6, 6.07) is 6.64. The average Bonchev–Trinajstić information content (AvgIpc) is 2.90. The number of nitrogens with zero attached hydrogens (tertiary/aromatic N) is 3. The Morgan fingerprint density at radius 1 is 1.33 bits per heavy atom. The zero-order valence-electron chi connectivity index (χ0n) is 11.2. The van der Waals surface area contributed by atoms with Crippen molar-refractivity contribution in [1.29, 1.82) is 0 Å². The van der Waals surface area contributed by atoms with E-state index in [1.165, 1.54) is 6.07 Å². The molecule has 0 aliphatic rings. The number of fused-ring (bicyclic) bond motifs is 1. The minimum atomic E-state index is -0.434. The number of hydrogen-bond acceptors (Lipinski definition) is 6. The normalized spacial score (nSPS) is 10.7. The number of non-ortho nitro benzene ring substituents is 1. The Hall–Kier alpha value is -2.96. The highest BCUT2D eigenvalue weighted by molar-refractivity contribution is 5.96. The Balaban J connectivity index is 1.95. The molecule has 7 heteroatoms. The highest BCUT2D eigenvalue weighted by Crippen LogP contribution is 2.28. The third kappa shape index (κ3) is 2.53. The highest BCUT2D eigenvalue weighted by Gasteiger charge is 2.14. The lowest BCUT2D eigenvalue weighted by atomic mass is 10.1. The molecular formula is C14H12N4O3. The first-order valence-electron chi connectivity index (χ1n) is 6.32. The molecule has 1 aromatic carbocycles. The standard InChI is InChI=1S/C14H12N4O3/c1-9-7-17-13(21-9)8-16-11-5-6-15-14-10(11)3-2-4-12(14)18(19)20/h2-7H,8H2,1H3,(H,15,16). The van der Waals surface area contributed by atoms with Crippen molar-refractivity contribution >= 4 is 22.3 Å². The van der Waals surface area contributed by atoms with E-state index in [9.17, 15) is 10.1 Å². The number of nitro groups is 1. The van der Waals surface area contributed by atoms with Gasteiger partial charge in [-0.15, -0.1) is 0 Å². The third-order valence-electron chi connectivity index (χ3n) is 3.05. The second kappa shape index (κ2) is 5.20. The molecule has 2 heterocycles. The van der Waals surface area contributed by atoms with E-state index in [0.29, 0.717) is 23.3 Å². The van der Waals surface area contributed by atoms with Crippen LogP contribution in [0.2, 0.25) is 0 Å². The van der Waals surface area contributed by atoms with Crippen molar-refractivity contribution in [2.75, 3.05) is 5.32 Å². The van der Waals surface area contributed by atoms with Gasteiger partial charge in [0.15, 0.2) is 0 Å². The Morgan fingerprint density at radius 2 is 2.19 bits per heavy atom. The topological polar surface area (TPSA) is 94.1 Å². The van der Waals surface area contributed by atoms with Crippen LogP contribution in [0.25, 0.3) is 10.9 Å². The molecule has 1 N–H and O–H groups in total. The molecule has 2 aromatic heterocycles. The number of rotatable bonds is 4. The Bertz CT molecular complexity index is 813. The Labute approximate surface area is 119 Å². The molecule has 106 valence electrons. The summed E-state index contributed by atoms with van der Waals surface area (Å²) in [7, 11) is 0. The molecule has 0 radical (unpaired) electrons. The van der Waals surface area contributed by atoms with Gasteiger partial charge < -0.3 is 9.73 Å². The first-order chi connectivity index (χ1) is 10.1. The number of nitro benzene ring substituents is 1. The summed E-state index contributed by atoms with van der Waals surface area (Å²) in [5.74, 6) is 1.30. The molecule has 21 heavy (non-hydrogen) atoms. The predicted octanol–water partition coefficient (Wildman–Crippen LogP) is 3.05. The first-order valence-corrected chi connectivity index (χ1v) is 6.32. The van der Waals surface area contributed by atoms with Gasteiger partial charge in [0.1, 0.15) is 11.3 Å². The number of pyridine rings is 1. The van der Waals surface area contributed by atoms with E-state index in [1.54, 1.807) is 30.6 Å². The van der Waals surface area contributed by atoms with E-state index in [4.69, 9.17) is 4.42 Å². The quantitative estimate of drug-likeness (QED) is 0.584. The van der Waals surface area contributed by atoms with Crippen LogP contribution in [-0.4, -0.2) is 14.9 Å². The van der Waals surface area contributed by atoms with Crippen molar-refractivity contribution in [1.82, 2.24) is 9.97 Å². The lowest BCUT2D eigenvalue weighted by Gasteiger charge is -2.07. The summed E-state index contributed by atoms with van der Waals surface area (Å²) in [5.41, 5.74) is 1.10. The summed E-state index contributed by atoms with van der Waals surface area (Å²) < 4.78 is 5.38. The van der Waals surface area contributed by atoms with Gasteiger partial charge in [-0.2, -0.15) is 0 Å². The molecule has 0 fully saturated rings. The van der Waals surface area contributed by atoms with Crippen LogP contribution in [0.15, 0.2) is 41.1 Å². The summed E-state index contributed by atoms with van der Waals surface area (Å²) in [6.07, 6.45) is 3.19. The van der Waals surface area contributed by atoms with Gasteiger partial charge in [-0.3, -0.25) is 10.1 Å². The number of aromatic nitrogens is 2. The number of nitrogens with one attached hydrogen (secondary N) is 1. The molecular weight excluding hydrogens is 272 g/mol. The molecule has 0 unspecified atom stereocenters. The maximum absolute atomic E-state index is 11.0. The molecule has 3 rings (SSSR count). The molecule has 7 nitrogen and oxygen atoms in total. The van der Waals surface area contributed by atoms with Crippen LogP contribution < -0.4 is 5.32 Å². The molecule has 0 atom stereocenters. The minimum absolute atomic E-state index is 0.0110. The van der Waals surface area contributed by atoms with Crippen molar-refractivity contribution < 1.29 is 9.34 Å². The summed E-state index contributed by atoms with van der Waals surface area (Å²) in [6.45, 7) is 2.22. The SMILES string of the molecule is Cc1cnc(CNc2ccnc3c([N+](=O)[O-])cccc23)o1. The first kappa shape index (κ1) is 13.0. The number of benzene rings is 1. The molecule has 0 spiro atoms. The van der Waals surface area contributed by atoms with Crippen LogP contribution in [0.4, 0.5) is 11.4 Å².